The van der Waals surface area contributed by atoms with Crippen molar-refractivity contribution in [3.05, 3.63) is 0 Å². The summed E-state index contributed by atoms with van der Waals surface area (Å²) in [6, 6.07) is -0.352. The van der Waals surface area contributed by atoms with Gasteiger partial charge in [0.25, 0.3) is 0 Å². The monoisotopic (exact) mass is 210 g/mol. The van der Waals surface area contributed by atoms with Crippen LogP contribution in [-0.4, -0.2) is 34.8 Å². The first-order valence-corrected chi connectivity index (χ1v) is 5.70. The number of nitrogens with one attached hydrogen (secondary N) is 1. The van der Waals surface area contributed by atoms with Crippen molar-refractivity contribution in [1.29, 1.82) is 0 Å². The lowest BCUT2D eigenvalue weighted by Crippen LogP contribution is -2.66. The number of piperazine rings is 1. The molecular weight excluding hydrogens is 192 g/mol. The highest BCUT2D eigenvalue weighted by molar-refractivity contribution is 5.95. The average Bonchev–Trinajstić information content (AvgIpc) is 2.12. The lowest BCUT2D eigenvalue weighted by atomic mass is 9.73. The Hall–Kier alpha value is -1.06. The fourth-order valence-corrected chi connectivity index (χ4v) is 2.60. The van der Waals surface area contributed by atoms with E-state index in [1.807, 2.05) is 0 Å². The molecule has 0 radical (unpaired) electrons. The molecule has 2 rings (SSSR count). The maximum absolute atomic E-state index is 12.0. The number of nitrogens with zero attached hydrogens (tertiary/aromatic N) is 1. The molecule has 0 spiro atoms. The Morgan fingerprint density at radius 2 is 2.13 bits per heavy atom. The molecule has 2 aliphatic rings. The van der Waals surface area contributed by atoms with E-state index in [1.165, 1.54) is 6.42 Å². The lowest BCUT2D eigenvalue weighted by Gasteiger charge is -2.52. The van der Waals surface area contributed by atoms with Crippen LogP contribution in [0.25, 0.3) is 0 Å². The van der Waals surface area contributed by atoms with E-state index in [9.17, 15) is 9.59 Å². The van der Waals surface area contributed by atoms with E-state index >= 15 is 0 Å². The molecule has 1 unspecified atom stereocenters. The minimum absolute atomic E-state index is 0.0108. The second-order valence-electron chi connectivity index (χ2n) is 4.65. The summed E-state index contributed by atoms with van der Waals surface area (Å²) in [7, 11) is 0. The van der Waals surface area contributed by atoms with Crippen molar-refractivity contribution in [3.63, 3.8) is 0 Å². The molecule has 1 saturated carbocycles. The van der Waals surface area contributed by atoms with E-state index < -0.39 is 0 Å². The third-order valence-electron chi connectivity index (χ3n) is 3.83. The summed E-state index contributed by atoms with van der Waals surface area (Å²) in [6.07, 6.45) is 4.23. The van der Waals surface area contributed by atoms with Crippen LogP contribution in [0.5, 0.6) is 0 Å². The molecule has 0 aromatic heterocycles. The van der Waals surface area contributed by atoms with Crippen molar-refractivity contribution in [2.24, 2.45) is 0 Å². The molecular formula is C11H18N2O2. The minimum Gasteiger partial charge on any atom is -0.343 e. The summed E-state index contributed by atoms with van der Waals surface area (Å²) in [5.74, 6) is 0.0537. The molecule has 0 aromatic carbocycles. The molecule has 0 bridgehead atoms. The standard InChI is InChI=1S/C11H18N2O2/c1-3-11(5-4-6-11)13-7-9(14)12-8(2)10(13)15/h8H,3-7H2,1-2H3,(H,12,14). The van der Waals surface area contributed by atoms with Crippen LogP contribution in [0.15, 0.2) is 0 Å². The zero-order valence-electron chi connectivity index (χ0n) is 9.38. The van der Waals surface area contributed by atoms with Gasteiger partial charge in [-0.15, -0.1) is 0 Å². The van der Waals surface area contributed by atoms with Crippen molar-refractivity contribution in [1.82, 2.24) is 10.2 Å². The molecule has 1 aliphatic heterocycles. The number of carbonyl (C=O) groups is 2. The third kappa shape index (κ3) is 1.52. The highest BCUT2D eigenvalue weighted by Crippen LogP contribution is 2.41. The normalized spacial score (nSPS) is 29.7. The van der Waals surface area contributed by atoms with E-state index in [-0.39, 0.29) is 29.9 Å². The zero-order chi connectivity index (χ0) is 11.1. The topological polar surface area (TPSA) is 49.4 Å². The highest BCUT2D eigenvalue weighted by Gasteiger charge is 2.46. The van der Waals surface area contributed by atoms with Crippen molar-refractivity contribution < 1.29 is 9.59 Å². The Bertz CT molecular complexity index is 291. The van der Waals surface area contributed by atoms with Gasteiger partial charge in [-0.3, -0.25) is 9.59 Å². The fourth-order valence-electron chi connectivity index (χ4n) is 2.60. The van der Waals surface area contributed by atoms with Gasteiger partial charge in [0.2, 0.25) is 11.8 Å². The highest BCUT2D eigenvalue weighted by atomic mass is 16.2. The number of amides is 2. The Kier molecular flexibility index (Phi) is 2.44. The van der Waals surface area contributed by atoms with Gasteiger partial charge in [-0.25, -0.2) is 0 Å². The maximum atomic E-state index is 12.0. The summed E-state index contributed by atoms with van der Waals surface area (Å²) in [5.41, 5.74) is -0.0108. The van der Waals surface area contributed by atoms with Crippen LogP contribution in [0.1, 0.15) is 39.5 Å². The first kappa shape index (κ1) is 10.5. The number of carbonyl (C=O) groups excluding carboxylic acids is 2. The molecule has 1 heterocycles. The van der Waals surface area contributed by atoms with Crippen LogP contribution >= 0.6 is 0 Å². The molecule has 1 atom stereocenters. The zero-order valence-corrected chi connectivity index (χ0v) is 9.38. The van der Waals surface area contributed by atoms with Crippen LogP contribution in [0.2, 0.25) is 0 Å². The summed E-state index contributed by atoms with van der Waals surface area (Å²) in [4.78, 5) is 25.2. The molecule has 1 saturated heterocycles. The number of rotatable bonds is 2. The quantitative estimate of drug-likeness (QED) is 0.728. The molecule has 84 valence electrons. The summed E-state index contributed by atoms with van der Waals surface area (Å²) in [6.45, 7) is 4.11. The van der Waals surface area contributed by atoms with E-state index in [0.29, 0.717) is 0 Å². The largest absolute Gasteiger partial charge is 0.343 e. The minimum atomic E-state index is -0.352. The maximum Gasteiger partial charge on any atom is 0.245 e. The van der Waals surface area contributed by atoms with E-state index in [1.54, 1.807) is 11.8 Å². The third-order valence-corrected chi connectivity index (χ3v) is 3.83. The number of hydrogen-bond donors (Lipinski definition) is 1. The molecule has 1 N–H and O–H groups in total. The van der Waals surface area contributed by atoms with E-state index in [2.05, 4.69) is 12.2 Å². The molecule has 0 aromatic rings. The van der Waals surface area contributed by atoms with Crippen molar-refractivity contribution in [2.45, 2.75) is 51.1 Å². The van der Waals surface area contributed by atoms with E-state index in [0.717, 1.165) is 19.3 Å². The molecule has 15 heavy (non-hydrogen) atoms. The lowest BCUT2D eigenvalue weighted by molar-refractivity contribution is -0.154. The van der Waals surface area contributed by atoms with Crippen molar-refractivity contribution in [2.75, 3.05) is 6.54 Å². The molecule has 2 fully saturated rings. The molecule has 4 heteroatoms. The Morgan fingerprint density at radius 3 is 2.60 bits per heavy atom. The summed E-state index contributed by atoms with van der Waals surface area (Å²) >= 11 is 0. The van der Waals surface area contributed by atoms with Crippen molar-refractivity contribution >= 4 is 11.8 Å². The Balaban J connectivity index is 2.19. The second-order valence-corrected chi connectivity index (χ2v) is 4.65. The van der Waals surface area contributed by atoms with Gasteiger partial charge in [-0.2, -0.15) is 0 Å². The van der Waals surface area contributed by atoms with Gasteiger partial charge < -0.3 is 10.2 Å². The fraction of sp³-hybridized carbons (Fsp3) is 0.818. The van der Waals surface area contributed by atoms with Gasteiger partial charge in [0, 0.05) is 5.54 Å². The van der Waals surface area contributed by atoms with E-state index in [4.69, 9.17) is 0 Å². The molecule has 1 aliphatic carbocycles. The Labute approximate surface area is 90.0 Å². The molecule has 4 nitrogen and oxygen atoms in total. The number of hydrogen-bond acceptors (Lipinski definition) is 2. The van der Waals surface area contributed by atoms with Gasteiger partial charge in [-0.1, -0.05) is 6.92 Å². The van der Waals surface area contributed by atoms with Crippen LogP contribution in [0, 0.1) is 0 Å². The van der Waals surface area contributed by atoms with Crippen LogP contribution in [0.4, 0.5) is 0 Å². The predicted molar refractivity (Wildman–Crippen MR) is 56.2 cm³/mol. The predicted octanol–water partition coefficient (Wildman–Crippen LogP) is 0.666. The van der Waals surface area contributed by atoms with Crippen LogP contribution < -0.4 is 5.32 Å². The summed E-state index contributed by atoms with van der Waals surface area (Å²) < 4.78 is 0. The molecule has 2 amide bonds. The van der Waals surface area contributed by atoms with Crippen LogP contribution in [-0.2, 0) is 9.59 Å². The van der Waals surface area contributed by atoms with Gasteiger partial charge in [0.1, 0.15) is 12.6 Å². The Morgan fingerprint density at radius 1 is 1.47 bits per heavy atom. The van der Waals surface area contributed by atoms with Gasteiger partial charge >= 0.3 is 0 Å². The SMILES string of the molecule is CCC1(N2CC(=O)NC(C)C2=O)CCC1. The van der Waals surface area contributed by atoms with Gasteiger partial charge in [0.15, 0.2) is 0 Å². The smallest absolute Gasteiger partial charge is 0.245 e. The van der Waals surface area contributed by atoms with Crippen LogP contribution in [0.3, 0.4) is 0 Å². The summed E-state index contributed by atoms with van der Waals surface area (Å²) in [5, 5.41) is 2.67. The van der Waals surface area contributed by atoms with Gasteiger partial charge in [-0.05, 0) is 32.6 Å². The first-order valence-electron chi connectivity index (χ1n) is 5.70. The van der Waals surface area contributed by atoms with Crippen molar-refractivity contribution in [3.8, 4) is 0 Å². The first-order chi connectivity index (χ1) is 7.09. The second kappa shape index (κ2) is 3.51. The van der Waals surface area contributed by atoms with Gasteiger partial charge in [0.05, 0.1) is 0 Å². The average molecular weight is 210 g/mol.